The summed E-state index contributed by atoms with van der Waals surface area (Å²) in [7, 11) is 0. The quantitative estimate of drug-likeness (QED) is 0.190. The molecule has 0 unspecified atom stereocenters. The number of furan rings is 2. The van der Waals surface area contributed by atoms with Gasteiger partial charge in [-0.2, -0.15) is 0 Å². The van der Waals surface area contributed by atoms with E-state index in [1.807, 2.05) is 30.3 Å². The highest BCUT2D eigenvalue weighted by Gasteiger charge is 2.17. The van der Waals surface area contributed by atoms with Crippen molar-refractivity contribution in [2.24, 2.45) is 0 Å². The van der Waals surface area contributed by atoms with E-state index in [2.05, 4.69) is 136 Å². The van der Waals surface area contributed by atoms with Gasteiger partial charge in [0.2, 0.25) is 0 Å². The van der Waals surface area contributed by atoms with Gasteiger partial charge in [0, 0.05) is 42.5 Å². The fourth-order valence-corrected chi connectivity index (χ4v) is 7.62. The van der Waals surface area contributed by atoms with E-state index in [9.17, 15) is 0 Å². The second-order valence-corrected chi connectivity index (χ2v) is 12.7. The lowest BCUT2D eigenvalue weighted by atomic mass is 9.98. The van der Waals surface area contributed by atoms with Crippen LogP contribution in [0.4, 0.5) is 0 Å². The van der Waals surface area contributed by atoms with Crippen LogP contribution in [-0.2, 0) is 0 Å². The zero-order valence-corrected chi connectivity index (χ0v) is 26.1. The monoisotopic (exact) mass is 653 g/mol. The molecule has 0 saturated carbocycles. The average Bonchev–Trinajstić information content (AvgIpc) is 3.77. The molecule has 216 valence electrons. The van der Waals surface area contributed by atoms with Gasteiger partial charge in [0.05, 0.1) is 11.0 Å². The molecule has 10 rings (SSSR count). The predicted octanol–water partition coefficient (Wildman–Crippen LogP) is 12.7. The highest BCUT2D eigenvalue weighted by atomic mass is 79.9. The number of aromatic nitrogens is 1. The maximum absolute atomic E-state index is 6.22. The molecule has 0 amide bonds. The number of para-hydroxylation sites is 2. The molecule has 10 aromatic rings. The highest BCUT2D eigenvalue weighted by Crippen LogP contribution is 2.41. The van der Waals surface area contributed by atoms with Crippen LogP contribution in [0.15, 0.2) is 159 Å². The van der Waals surface area contributed by atoms with E-state index in [4.69, 9.17) is 8.83 Å². The largest absolute Gasteiger partial charge is 0.456 e. The highest BCUT2D eigenvalue weighted by molar-refractivity contribution is 9.10. The van der Waals surface area contributed by atoms with Crippen LogP contribution in [0.1, 0.15) is 0 Å². The van der Waals surface area contributed by atoms with Gasteiger partial charge < -0.3 is 13.4 Å². The summed E-state index contributed by atoms with van der Waals surface area (Å²) in [5.41, 5.74) is 11.7. The molecule has 3 aromatic heterocycles. The minimum atomic E-state index is 0.906. The first-order valence-corrected chi connectivity index (χ1v) is 16.2. The smallest absolute Gasteiger partial charge is 0.136 e. The molecule has 0 aliphatic heterocycles. The van der Waals surface area contributed by atoms with E-state index in [1.54, 1.807) is 0 Å². The third-order valence-corrected chi connectivity index (χ3v) is 9.77. The van der Waals surface area contributed by atoms with Crippen LogP contribution in [0.3, 0.4) is 0 Å². The van der Waals surface area contributed by atoms with Crippen molar-refractivity contribution in [2.45, 2.75) is 0 Å². The maximum atomic E-state index is 6.22. The lowest BCUT2D eigenvalue weighted by Gasteiger charge is -2.11. The molecule has 0 N–H and O–H groups in total. The van der Waals surface area contributed by atoms with E-state index in [0.29, 0.717) is 0 Å². The van der Waals surface area contributed by atoms with Crippen LogP contribution in [0.2, 0.25) is 0 Å². The van der Waals surface area contributed by atoms with Crippen molar-refractivity contribution < 1.29 is 8.83 Å². The molecule has 46 heavy (non-hydrogen) atoms. The molecule has 0 aliphatic carbocycles. The van der Waals surface area contributed by atoms with Crippen molar-refractivity contribution in [1.29, 1.82) is 0 Å². The Morgan fingerprint density at radius 2 is 0.935 bits per heavy atom. The van der Waals surface area contributed by atoms with Gasteiger partial charge in [0.25, 0.3) is 0 Å². The molecule has 3 heterocycles. The number of hydrogen-bond acceptors (Lipinski definition) is 2. The standard InChI is InChI=1S/C42H24BrNO2/c43-27-18-22-36-34(24-27)33-23-26(30-10-6-14-40-42(30)32-8-2-4-12-38(32)46-40)17-21-35(33)44(36)28-19-15-25(16-20-28)29-9-5-13-39-41(29)31-7-1-3-11-37(31)45-39/h1-24H. The van der Waals surface area contributed by atoms with Gasteiger partial charge in [0.15, 0.2) is 0 Å². The molecule has 0 bridgehead atoms. The van der Waals surface area contributed by atoms with Crippen LogP contribution in [-0.4, -0.2) is 4.57 Å². The maximum Gasteiger partial charge on any atom is 0.136 e. The normalized spacial score (nSPS) is 12.0. The molecule has 0 saturated heterocycles. The Labute approximate surface area is 272 Å². The molecule has 0 radical (unpaired) electrons. The average molecular weight is 655 g/mol. The van der Waals surface area contributed by atoms with Gasteiger partial charge >= 0.3 is 0 Å². The van der Waals surface area contributed by atoms with Crippen molar-refractivity contribution in [3.05, 3.63) is 150 Å². The minimum absolute atomic E-state index is 0.906. The van der Waals surface area contributed by atoms with Gasteiger partial charge in [-0.1, -0.05) is 94.8 Å². The van der Waals surface area contributed by atoms with E-state index < -0.39 is 0 Å². The number of halogens is 1. The number of benzene rings is 7. The van der Waals surface area contributed by atoms with Gasteiger partial charge in [-0.05, 0) is 89.0 Å². The number of nitrogens with zero attached hydrogens (tertiary/aromatic N) is 1. The fourth-order valence-electron chi connectivity index (χ4n) is 7.26. The molecule has 0 spiro atoms. The molecular weight excluding hydrogens is 630 g/mol. The Balaban J connectivity index is 1.15. The number of rotatable bonds is 3. The Morgan fingerprint density at radius 3 is 1.59 bits per heavy atom. The molecule has 4 heteroatoms. The summed E-state index contributed by atoms with van der Waals surface area (Å²) >= 11 is 3.74. The predicted molar refractivity (Wildman–Crippen MR) is 194 cm³/mol. The first-order valence-electron chi connectivity index (χ1n) is 15.4. The molecule has 0 atom stereocenters. The van der Waals surface area contributed by atoms with Crippen molar-refractivity contribution >= 4 is 81.6 Å². The summed E-state index contributed by atoms with van der Waals surface area (Å²) < 4.78 is 15.8. The summed E-state index contributed by atoms with van der Waals surface area (Å²) in [4.78, 5) is 0. The van der Waals surface area contributed by atoms with Crippen LogP contribution in [0.25, 0.3) is 93.6 Å². The lowest BCUT2D eigenvalue weighted by Crippen LogP contribution is -1.94. The molecule has 3 nitrogen and oxygen atoms in total. The summed E-state index contributed by atoms with van der Waals surface area (Å²) in [6.07, 6.45) is 0. The molecule has 0 aliphatic rings. The van der Waals surface area contributed by atoms with Crippen molar-refractivity contribution in [3.63, 3.8) is 0 Å². The van der Waals surface area contributed by atoms with Crippen molar-refractivity contribution in [2.75, 3.05) is 0 Å². The molecule has 7 aromatic carbocycles. The topological polar surface area (TPSA) is 31.2 Å². The second kappa shape index (κ2) is 9.71. The Bertz CT molecular complexity index is 2820. The Hall–Kier alpha value is -5.58. The van der Waals surface area contributed by atoms with E-state index in [0.717, 1.165) is 70.6 Å². The Morgan fingerprint density at radius 1 is 0.413 bits per heavy atom. The third kappa shape index (κ3) is 3.71. The number of hydrogen-bond donors (Lipinski definition) is 0. The summed E-state index contributed by atoms with van der Waals surface area (Å²) in [5.74, 6) is 0. The lowest BCUT2D eigenvalue weighted by molar-refractivity contribution is 0.668. The SMILES string of the molecule is Brc1ccc2c(c1)c1cc(-c3cccc4oc5ccccc5c34)ccc1n2-c1ccc(-c2cccc3oc4ccccc4c23)cc1. The summed E-state index contributed by atoms with van der Waals surface area (Å²) in [6.45, 7) is 0. The van der Waals surface area contributed by atoms with Crippen LogP contribution in [0.5, 0.6) is 0 Å². The van der Waals surface area contributed by atoms with E-state index in [-0.39, 0.29) is 0 Å². The van der Waals surface area contributed by atoms with Gasteiger partial charge in [-0.25, -0.2) is 0 Å². The van der Waals surface area contributed by atoms with Gasteiger partial charge in [-0.15, -0.1) is 0 Å². The minimum Gasteiger partial charge on any atom is -0.456 e. The first kappa shape index (κ1) is 25.7. The van der Waals surface area contributed by atoms with E-state index >= 15 is 0 Å². The Kier molecular flexibility index (Phi) is 5.43. The third-order valence-electron chi connectivity index (χ3n) is 9.28. The van der Waals surface area contributed by atoms with Crippen LogP contribution >= 0.6 is 15.9 Å². The van der Waals surface area contributed by atoms with Crippen LogP contribution in [0, 0.1) is 0 Å². The van der Waals surface area contributed by atoms with Crippen molar-refractivity contribution in [3.8, 4) is 27.9 Å². The second-order valence-electron chi connectivity index (χ2n) is 11.8. The zero-order valence-electron chi connectivity index (χ0n) is 24.5. The molecule has 0 fully saturated rings. The summed E-state index contributed by atoms with van der Waals surface area (Å²) in [5, 5.41) is 6.99. The van der Waals surface area contributed by atoms with Crippen LogP contribution < -0.4 is 0 Å². The summed E-state index contributed by atoms with van der Waals surface area (Å²) in [6, 6.07) is 51.5. The van der Waals surface area contributed by atoms with E-state index in [1.165, 1.54) is 27.5 Å². The number of fused-ring (bicyclic) bond motifs is 9. The van der Waals surface area contributed by atoms with Gasteiger partial charge in [0.1, 0.15) is 22.3 Å². The zero-order chi connectivity index (χ0) is 30.4. The van der Waals surface area contributed by atoms with Gasteiger partial charge in [-0.3, -0.25) is 0 Å². The van der Waals surface area contributed by atoms with Crippen molar-refractivity contribution in [1.82, 2.24) is 4.57 Å². The molecular formula is C42H24BrNO2. The fraction of sp³-hybridized carbons (Fsp3) is 0. The first-order chi connectivity index (χ1) is 22.7.